The third kappa shape index (κ3) is 5.15. The molecule has 0 bridgehead atoms. The second-order valence-corrected chi connectivity index (χ2v) is 7.74. The van der Waals surface area contributed by atoms with Gasteiger partial charge in [-0.2, -0.15) is 9.19 Å². The van der Waals surface area contributed by atoms with Crippen molar-refractivity contribution in [1.82, 2.24) is 25.0 Å². The molecule has 0 spiro atoms. The first-order valence-corrected chi connectivity index (χ1v) is 10.0. The third-order valence-corrected chi connectivity index (χ3v) is 5.32. The Kier molecular flexibility index (Phi) is 6.58. The molecule has 3 rings (SSSR count). The predicted molar refractivity (Wildman–Crippen MR) is 110 cm³/mol. The molecule has 0 aliphatic rings. The maximum atomic E-state index is 12.0. The summed E-state index contributed by atoms with van der Waals surface area (Å²) in [6.45, 7) is 0. The fourth-order valence-corrected chi connectivity index (χ4v) is 3.89. The van der Waals surface area contributed by atoms with Gasteiger partial charge >= 0.3 is 0 Å². The molecule has 0 unspecified atom stereocenters. The Hall–Kier alpha value is -2.24. The zero-order valence-corrected chi connectivity index (χ0v) is 17.6. The number of halogens is 2. The van der Waals surface area contributed by atoms with Gasteiger partial charge in [-0.1, -0.05) is 30.3 Å². The van der Waals surface area contributed by atoms with E-state index in [1.165, 1.54) is 10.3 Å². The van der Waals surface area contributed by atoms with Crippen molar-refractivity contribution in [3.05, 3.63) is 57.0 Å². The molecule has 1 amide bonds. The Bertz CT molecular complexity index is 957. The highest BCUT2D eigenvalue weighted by Crippen LogP contribution is 2.32. The average molecular weight is 512 g/mol. The van der Waals surface area contributed by atoms with Crippen LogP contribution < -0.4 is 5.43 Å². The van der Waals surface area contributed by atoms with Crippen molar-refractivity contribution in [3.63, 3.8) is 0 Å². The lowest BCUT2D eigenvalue weighted by atomic mass is 10.2. The Morgan fingerprint density at radius 3 is 2.67 bits per heavy atom. The van der Waals surface area contributed by atoms with E-state index in [-0.39, 0.29) is 17.4 Å². The van der Waals surface area contributed by atoms with Crippen molar-refractivity contribution >= 4 is 55.9 Å². The molecular weight excluding hydrogens is 500 g/mol. The number of nitrogens with one attached hydrogen (secondary N) is 1. The van der Waals surface area contributed by atoms with Gasteiger partial charge in [0.25, 0.3) is 5.91 Å². The molecule has 1 aromatic heterocycles. The number of amides is 1. The Morgan fingerprint density at radius 2 is 1.96 bits per heavy atom. The summed E-state index contributed by atoms with van der Waals surface area (Å²) in [5.74, 6) is 0.451. The molecule has 3 aromatic rings. The molecule has 8 nitrogen and oxygen atoms in total. The van der Waals surface area contributed by atoms with Crippen LogP contribution >= 0.6 is 43.8 Å². The first-order valence-electron chi connectivity index (χ1n) is 7.51. The molecule has 0 aliphatic carbocycles. The molecule has 2 aromatic carbocycles. The van der Waals surface area contributed by atoms with Gasteiger partial charge in [0, 0.05) is 5.56 Å². The molecule has 0 saturated heterocycles. The van der Waals surface area contributed by atoms with Crippen molar-refractivity contribution in [3.8, 4) is 17.1 Å². The van der Waals surface area contributed by atoms with Gasteiger partial charge < -0.3 is 5.11 Å². The minimum absolute atomic E-state index is 0.0885. The molecule has 0 fully saturated rings. The van der Waals surface area contributed by atoms with Crippen LogP contribution in [-0.4, -0.2) is 42.6 Å². The maximum Gasteiger partial charge on any atom is 0.251 e. The number of aromatic nitrogens is 4. The topological polar surface area (TPSA) is 105 Å². The van der Waals surface area contributed by atoms with E-state index in [1.54, 1.807) is 12.1 Å². The molecule has 11 heteroatoms. The number of aromatic hydroxyl groups is 1. The second kappa shape index (κ2) is 9.11. The summed E-state index contributed by atoms with van der Waals surface area (Å²) in [5.41, 5.74) is 4.00. The standard InChI is InChI=1S/C16H12Br2N6O2S/c17-12-6-10(7-13(18)15(12)26)8-19-20-14(25)9-27-24-16(21-22-23-24)11-4-2-1-3-5-11/h1-8,26H,9H2,(H,20,25)/b19-8-. The van der Waals surface area contributed by atoms with Gasteiger partial charge in [0.15, 0.2) is 5.82 Å². The molecule has 0 saturated carbocycles. The lowest BCUT2D eigenvalue weighted by molar-refractivity contribution is -0.118. The number of phenols is 1. The van der Waals surface area contributed by atoms with E-state index in [0.717, 1.165) is 17.5 Å². The van der Waals surface area contributed by atoms with Crippen LogP contribution in [-0.2, 0) is 4.79 Å². The average Bonchev–Trinajstić information content (AvgIpc) is 3.14. The lowest BCUT2D eigenvalue weighted by Gasteiger charge is -2.03. The largest absolute Gasteiger partial charge is 0.506 e. The second-order valence-electron chi connectivity index (χ2n) is 5.14. The number of rotatable bonds is 6. The van der Waals surface area contributed by atoms with Crippen LogP contribution in [0.2, 0.25) is 0 Å². The molecular formula is C16H12Br2N6O2S. The van der Waals surface area contributed by atoms with E-state index in [2.05, 4.69) is 57.9 Å². The monoisotopic (exact) mass is 510 g/mol. The van der Waals surface area contributed by atoms with Crippen molar-refractivity contribution in [2.45, 2.75) is 0 Å². The number of nitrogens with zero attached hydrogens (tertiary/aromatic N) is 5. The molecule has 27 heavy (non-hydrogen) atoms. The number of hydrogen-bond acceptors (Lipinski definition) is 7. The molecule has 2 N–H and O–H groups in total. The first kappa shape index (κ1) is 19.5. The zero-order chi connectivity index (χ0) is 19.2. The fourth-order valence-electron chi connectivity index (χ4n) is 2.01. The smallest absolute Gasteiger partial charge is 0.251 e. The van der Waals surface area contributed by atoms with E-state index >= 15 is 0 Å². The normalized spacial score (nSPS) is 11.0. The quantitative estimate of drug-likeness (QED) is 0.389. The third-order valence-electron chi connectivity index (χ3n) is 3.23. The van der Waals surface area contributed by atoms with Gasteiger partial charge in [0.05, 0.1) is 20.9 Å². The van der Waals surface area contributed by atoms with Crippen LogP contribution in [0.25, 0.3) is 11.4 Å². The number of carbonyl (C=O) groups is 1. The fraction of sp³-hybridized carbons (Fsp3) is 0.0625. The van der Waals surface area contributed by atoms with Crippen molar-refractivity contribution in [1.29, 1.82) is 0 Å². The summed E-state index contributed by atoms with van der Waals surface area (Å²) >= 11 is 7.63. The van der Waals surface area contributed by atoms with Gasteiger partial charge in [-0.25, -0.2) is 5.43 Å². The number of benzene rings is 2. The van der Waals surface area contributed by atoms with Crippen LogP contribution in [0, 0.1) is 0 Å². The first-order chi connectivity index (χ1) is 13.0. The summed E-state index contributed by atoms with van der Waals surface area (Å²) in [6.07, 6.45) is 1.48. The molecule has 1 heterocycles. The van der Waals surface area contributed by atoms with Crippen LogP contribution in [0.1, 0.15) is 5.56 Å². The molecule has 0 radical (unpaired) electrons. The predicted octanol–water partition coefficient (Wildman–Crippen LogP) is 3.22. The maximum absolute atomic E-state index is 12.0. The highest BCUT2D eigenvalue weighted by Gasteiger charge is 2.11. The van der Waals surface area contributed by atoms with E-state index in [4.69, 9.17) is 0 Å². The van der Waals surface area contributed by atoms with Gasteiger partial charge in [-0.15, -0.1) is 5.10 Å². The Morgan fingerprint density at radius 1 is 1.26 bits per heavy atom. The molecule has 0 aliphatic heterocycles. The van der Waals surface area contributed by atoms with Crippen LogP contribution in [0.5, 0.6) is 5.75 Å². The number of tetrazole rings is 1. The van der Waals surface area contributed by atoms with E-state index in [9.17, 15) is 9.90 Å². The summed E-state index contributed by atoms with van der Waals surface area (Å²) in [7, 11) is 0. The summed E-state index contributed by atoms with van der Waals surface area (Å²) in [6, 6.07) is 12.8. The summed E-state index contributed by atoms with van der Waals surface area (Å²) in [4.78, 5) is 12.0. The van der Waals surface area contributed by atoms with Gasteiger partial charge in [-0.05, 0) is 71.9 Å². The summed E-state index contributed by atoms with van der Waals surface area (Å²) < 4.78 is 2.53. The summed E-state index contributed by atoms with van der Waals surface area (Å²) in [5, 5.41) is 25.1. The minimum atomic E-state index is -0.303. The van der Waals surface area contributed by atoms with Gasteiger partial charge in [0.2, 0.25) is 0 Å². The van der Waals surface area contributed by atoms with Crippen molar-refractivity contribution in [2.75, 3.05) is 5.75 Å². The highest BCUT2D eigenvalue weighted by atomic mass is 79.9. The minimum Gasteiger partial charge on any atom is -0.506 e. The van der Waals surface area contributed by atoms with Crippen LogP contribution in [0.4, 0.5) is 0 Å². The van der Waals surface area contributed by atoms with Crippen molar-refractivity contribution < 1.29 is 9.90 Å². The Balaban J connectivity index is 1.56. The van der Waals surface area contributed by atoms with E-state index in [0.29, 0.717) is 20.3 Å². The highest BCUT2D eigenvalue weighted by molar-refractivity contribution is 9.11. The van der Waals surface area contributed by atoms with Crippen molar-refractivity contribution in [2.24, 2.45) is 5.10 Å². The van der Waals surface area contributed by atoms with E-state index < -0.39 is 0 Å². The SMILES string of the molecule is O=C(CSn1nnnc1-c1ccccc1)N/N=C\c1cc(Br)c(O)c(Br)c1. The number of phenolic OH excluding ortho intramolecular Hbond substituents is 1. The zero-order valence-electron chi connectivity index (χ0n) is 13.6. The molecule has 138 valence electrons. The number of carbonyl (C=O) groups excluding carboxylic acids is 1. The van der Waals surface area contributed by atoms with Crippen LogP contribution in [0.15, 0.2) is 56.5 Å². The van der Waals surface area contributed by atoms with E-state index in [1.807, 2.05) is 30.3 Å². The number of hydrazone groups is 1. The lowest BCUT2D eigenvalue weighted by Crippen LogP contribution is -2.20. The Labute approximate surface area is 175 Å². The number of hydrogen-bond donors (Lipinski definition) is 2. The molecule has 0 atom stereocenters. The van der Waals surface area contributed by atoms with Gasteiger partial charge in [-0.3, -0.25) is 4.79 Å². The van der Waals surface area contributed by atoms with Gasteiger partial charge in [0.1, 0.15) is 5.75 Å². The van der Waals surface area contributed by atoms with Crippen LogP contribution in [0.3, 0.4) is 0 Å².